The molecular weight excluding hydrogens is 260 g/mol. The number of carbonyl (C=O) groups excluding carboxylic acids is 1. The molecule has 106 valence electrons. The molecule has 1 aliphatic rings. The van der Waals surface area contributed by atoms with Crippen LogP contribution in [0.15, 0.2) is 5.38 Å². The van der Waals surface area contributed by atoms with Crippen molar-refractivity contribution in [1.82, 2.24) is 15.2 Å². The van der Waals surface area contributed by atoms with E-state index in [2.05, 4.69) is 36.0 Å². The maximum Gasteiger partial charge on any atom is 0.271 e. The van der Waals surface area contributed by atoms with E-state index >= 15 is 0 Å². The average Bonchev–Trinajstić information content (AvgIpc) is 2.75. The van der Waals surface area contributed by atoms with Crippen molar-refractivity contribution in [2.24, 2.45) is 0 Å². The van der Waals surface area contributed by atoms with Gasteiger partial charge in [0.05, 0.1) is 0 Å². The molecule has 3 N–H and O–H groups in total. The summed E-state index contributed by atoms with van der Waals surface area (Å²) in [6.07, 6.45) is 1.98. The Morgan fingerprint density at radius 1 is 1.47 bits per heavy atom. The number of rotatable bonds is 2. The third-order valence-electron chi connectivity index (χ3n) is 3.53. The smallest absolute Gasteiger partial charge is 0.271 e. The standard InChI is InChI=1S/C13H22N4OS/c1-13(2,3)17-6-4-9(5-7-17)15-11(18)10-8-19-12(14)16-10/h8-9H,4-7H2,1-3H3,(H2,14,16)(H,15,18). The van der Waals surface area contributed by atoms with Crippen LogP contribution in [0.4, 0.5) is 5.13 Å². The summed E-state index contributed by atoms with van der Waals surface area (Å²) < 4.78 is 0. The zero-order valence-corrected chi connectivity index (χ0v) is 12.6. The van der Waals surface area contributed by atoms with Gasteiger partial charge in [0.2, 0.25) is 0 Å². The molecule has 2 rings (SSSR count). The summed E-state index contributed by atoms with van der Waals surface area (Å²) in [4.78, 5) is 18.4. The molecule has 0 unspecified atom stereocenters. The summed E-state index contributed by atoms with van der Waals surface area (Å²) in [6, 6.07) is 0.244. The van der Waals surface area contributed by atoms with Gasteiger partial charge in [0, 0.05) is 30.1 Å². The summed E-state index contributed by atoms with van der Waals surface area (Å²) in [6.45, 7) is 8.72. The number of carbonyl (C=O) groups is 1. The van der Waals surface area contributed by atoms with E-state index in [0.29, 0.717) is 10.8 Å². The molecule has 0 aliphatic carbocycles. The molecule has 0 spiro atoms. The molecular formula is C13H22N4OS. The van der Waals surface area contributed by atoms with Gasteiger partial charge in [0.1, 0.15) is 5.69 Å². The molecule has 0 radical (unpaired) electrons. The number of nitrogens with zero attached hydrogens (tertiary/aromatic N) is 2. The molecule has 6 heteroatoms. The van der Waals surface area contributed by atoms with Crippen LogP contribution in [-0.4, -0.2) is 40.5 Å². The number of aromatic nitrogens is 1. The lowest BCUT2D eigenvalue weighted by Gasteiger charge is -2.40. The lowest BCUT2D eigenvalue weighted by molar-refractivity contribution is 0.0809. The van der Waals surface area contributed by atoms with E-state index in [1.165, 1.54) is 11.3 Å². The summed E-state index contributed by atoms with van der Waals surface area (Å²) >= 11 is 1.30. The van der Waals surface area contributed by atoms with Crippen LogP contribution in [0.5, 0.6) is 0 Å². The number of nitrogens with one attached hydrogen (secondary N) is 1. The van der Waals surface area contributed by atoms with Crippen LogP contribution in [0.3, 0.4) is 0 Å². The number of nitrogens with two attached hydrogens (primary N) is 1. The predicted molar refractivity (Wildman–Crippen MR) is 78.3 cm³/mol. The van der Waals surface area contributed by atoms with Crippen molar-refractivity contribution in [2.75, 3.05) is 18.8 Å². The molecule has 1 aromatic rings. The summed E-state index contributed by atoms with van der Waals surface area (Å²) in [5.41, 5.74) is 6.17. The van der Waals surface area contributed by atoms with Crippen molar-refractivity contribution in [3.05, 3.63) is 11.1 Å². The van der Waals surface area contributed by atoms with E-state index in [9.17, 15) is 4.79 Å². The van der Waals surface area contributed by atoms with Crippen molar-refractivity contribution in [1.29, 1.82) is 0 Å². The fourth-order valence-electron chi connectivity index (χ4n) is 2.35. The van der Waals surface area contributed by atoms with Crippen LogP contribution >= 0.6 is 11.3 Å². The topological polar surface area (TPSA) is 71.2 Å². The number of anilines is 1. The van der Waals surface area contributed by atoms with Gasteiger partial charge in [-0.3, -0.25) is 9.69 Å². The van der Waals surface area contributed by atoms with Crippen molar-refractivity contribution < 1.29 is 4.79 Å². The van der Waals surface area contributed by atoms with Gasteiger partial charge in [-0.25, -0.2) is 4.98 Å². The minimum atomic E-state index is -0.109. The van der Waals surface area contributed by atoms with Gasteiger partial charge in [-0.2, -0.15) is 0 Å². The lowest BCUT2D eigenvalue weighted by atomic mass is 9.98. The second-order valence-electron chi connectivity index (χ2n) is 5.98. The highest BCUT2D eigenvalue weighted by Gasteiger charge is 2.27. The molecule has 1 aliphatic heterocycles. The van der Waals surface area contributed by atoms with E-state index < -0.39 is 0 Å². The van der Waals surface area contributed by atoms with Crippen LogP contribution in [0.2, 0.25) is 0 Å². The number of nitrogen functional groups attached to an aromatic ring is 1. The molecule has 0 saturated carbocycles. The Morgan fingerprint density at radius 2 is 2.11 bits per heavy atom. The maximum atomic E-state index is 12.0. The van der Waals surface area contributed by atoms with Gasteiger partial charge in [-0.05, 0) is 33.6 Å². The van der Waals surface area contributed by atoms with Gasteiger partial charge in [0.25, 0.3) is 5.91 Å². The molecule has 5 nitrogen and oxygen atoms in total. The van der Waals surface area contributed by atoms with E-state index in [0.717, 1.165) is 25.9 Å². The molecule has 1 aromatic heterocycles. The Balaban J connectivity index is 1.84. The summed E-state index contributed by atoms with van der Waals surface area (Å²) in [5.74, 6) is -0.109. The normalized spacial score (nSPS) is 18.5. The Kier molecular flexibility index (Phi) is 4.10. The number of piperidine rings is 1. The Morgan fingerprint density at radius 3 is 2.58 bits per heavy atom. The molecule has 1 fully saturated rings. The van der Waals surface area contributed by atoms with Gasteiger partial charge >= 0.3 is 0 Å². The Labute approximate surface area is 118 Å². The number of hydrogen-bond donors (Lipinski definition) is 2. The van der Waals surface area contributed by atoms with Crippen LogP contribution in [0.1, 0.15) is 44.1 Å². The molecule has 1 saturated heterocycles. The van der Waals surface area contributed by atoms with Crippen LogP contribution < -0.4 is 11.1 Å². The number of hydrogen-bond acceptors (Lipinski definition) is 5. The first-order chi connectivity index (χ1) is 8.86. The number of amides is 1. The SMILES string of the molecule is CC(C)(C)N1CCC(NC(=O)c2csc(N)n2)CC1. The third kappa shape index (κ3) is 3.67. The Bertz CT molecular complexity index is 444. The monoisotopic (exact) mass is 282 g/mol. The fraction of sp³-hybridized carbons (Fsp3) is 0.692. The van der Waals surface area contributed by atoms with Crippen molar-refractivity contribution in [3.8, 4) is 0 Å². The quantitative estimate of drug-likeness (QED) is 0.866. The van der Waals surface area contributed by atoms with Gasteiger partial charge in [0.15, 0.2) is 5.13 Å². The lowest BCUT2D eigenvalue weighted by Crippen LogP contribution is -2.50. The minimum absolute atomic E-state index is 0.109. The highest BCUT2D eigenvalue weighted by atomic mass is 32.1. The number of thiazole rings is 1. The molecule has 0 aromatic carbocycles. The van der Waals surface area contributed by atoms with E-state index in [1.807, 2.05) is 0 Å². The summed E-state index contributed by atoms with van der Waals surface area (Å²) in [5, 5.41) is 5.18. The molecule has 2 heterocycles. The zero-order chi connectivity index (χ0) is 14.0. The second-order valence-corrected chi connectivity index (χ2v) is 6.87. The van der Waals surface area contributed by atoms with Crippen LogP contribution in [-0.2, 0) is 0 Å². The first kappa shape index (κ1) is 14.3. The highest BCUT2D eigenvalue weighted by molar-refractivity contribution is 7.13. The first-order valence-corrected chi connectivity index (χ1v) is 7.51. The molecule has 0 atom stereocenters. The van der Waals surface area contributed by atoms with Crippen molar-refractivity contribution in [3.63, 3.8) is 0 Å². The zero-order valence-electron chi connectivity index (χ0n) is 11.8. The van der Waals surface area contributed by atoms with Crippen LogP contribution in [0.25, 0.3) is 0 Å². The largest absolute Gasteiger partial charge is 0.375 e. The molecule has 1 amide bonds. The molecule has 0 bridgehead atoms. The summed E-state index contributed by atoms with van der Waals surface area (Å²) in [7, 11) is 0. The van der Waals surface area contributed by atoms with Gasteiger partial charge < -0.3 is 11.1 Å². The minimum Gasteiger partial charge on any atom is -0.375 e. The number of likely N-dealkylation sites (tertiary alicyclic amines) is 1. The van der Waals surface area contributed by atoms with Crippen LogP contribution in [0, 0.1) is 0 Å². The second kappa shape index (κ2) is 5.46. The first-order valence-electron chi connectivity index (χ1n) is 6.63. The average molecular weight is 282 g/mol. The van der Waals surface area contributed by atoms with Gasteiger partial charge in [-0.15, -0.1) is 11.3 Å². The van der Waals surface area contributed by atoms with E-state index in [-0.39, 0.29) is 17.5 Å². The van der Waals surface area contributed by atoms with E-state index in [1.54, 1.807) is 5.38 Å². The highest BCUT2D eigenvalue weighted by Crippen LogP contribution is 2.20. The van der Waals surface area contributed by atoms with Crippen molar-refractivity contribution in [2.45, 2.75) is 45.2 Å². The molecule has 19 heavy (non-hydrogen) atoms. The third-order valence-corrected chi connectivity index (χ3v) is 4.21. The Hall–Kier alpha value is -1.14. The van der Waals surface area contributed by atoms with Gasteiger partial charge in [-0.1, -0.05) is 0 Å². The van der Waals surface area contributed by atoms with E-state index in [4.69, 9.17) is 5.73 Å². The maximum absolute atomic E-state index is 12.0. The predicted octanol–water partition coefficient (Wildman–Crippen LogP) is 1.72. The van der Waals surface area contributed by atoms with Crippen molar-refractivity contribution >= 4 is 22.4 Å². The fourth-order valence-corrected chi connectivity index (χ4v) is 2.89.